The number of aromatic nitrogens is 3. The average molecular weight is 358 g/mol. The van der Waals surface area contributed by atoms with Gasteiger partial charge in [0.05, 0.1) is 12.1 Å². The van der Waals surface area contributed by atoms with Crippen LogP contribution in [0.2, 0.25) is 0 Å². The van der Waals surface area contributed by atoms with Crippen molar-refractivity contribution in [2.75, 3.05) is 13.1 Å². The van der Waals surface area contributed by atoms with Gasteiger partial charge in [0, 0.05) is 51.6 Å². The smallest absolute Gasteiger partial charge is 0.331 e. The molecule has 1 fully saturated rings. The fraction of sp³-hybridized carbons (Fsp3) is 0.526. The van der Waals surface area contributed by atoms with Crippen LogP contribution < -0.4 is 0 Å². The first kappa shape index (κ1) is 18.2. The highest BCUT2D eigenvalue weighted by molar-refractivity contribution is 5.80. The Morgan fingerprint density at radius 2 is 1.92 bits per heavy atom. The van der Waals surface area contributed by atoms with Gasteiger partial charge in [-0.1, -0.05) is 13.8 Å². The molecular formula is C19H26N4O3. The van der Waals surface area contributed by atoms with Crippen molar-refractivity contribution in [2.45, 2.75) is 44.6 Å². The molecular weight excluding hydrogens is 332 g/mol. The number of aliphatic carboxylic acids is 1. The quantitative estimate of drug-likeness (QED) is 0.886. The summed E-state index contributed by atoms with van der Waals surface area (Å²) in [6, 6.07) is 3.81. The maximum Gasteiger partial charge on any atom is 0.331 e. The van der Waals surface area contributed by atoms with Crippen molar-refractivity contribution in [1.82, 2.24) is 19.2 Å². The Hall–Kier alpha value is -2.57. The third-order valence-electron chi connectivity index (χ3n) is 5.23. The Labute approximate surface area is 153 Å². The van der Waals surface area contributed by atoms with Crippen LogP contribution in [0.4, 0.5) is 0 Å². The number of amides is 1. The molecule has 0 aliphatic carbocycles. The van der Waals surface area contributed by atoms with Crippen molar-refractivity contribution < 1.29 is 14.7 Å². The Kier molecular flexibility index (Phi) is 4.89. The Morgan fingerprint density at radius 1 is 1.23 bits per heavy atom. The monoisotopic (exact) mass is 358 g/mol. The fourth-order valence-electron chi connectivity index (χ4n) is 3.50. The highest BCUT2D eigenvalue weighted by Crippen LogP contribution is 2.31. The van der Waals surface area contributed by atoms with E-state index in [9.17, 15) is 14.7 Å². The summed E-state index contributed by atoms with van der Waals surface area (Å²) in [6.07, 6.45) is 6.67. The first-order valence-corrected chi connectivity index (χ1v) is 9.00. The molecule has 1 amide bonds. The van der Waals surface area contributed by atoms with E-state index in [0.29, 0.717) is 32.4 Å². The Bertz CT molecular complexity index is 797. The van der Waals surface area contributed by atoms with Crippen LogP contribution in [0.5, 0.6) is 0 Å². The summed E-state index contributed by atoms with van der Waals surface area (Å²) in [6.45, 7) is 4.92. The molecule has 7 heteroatoms. The number of likely N-dealkylation sites (tertiary alicyclic amines) is 1. The largest absolute Gasteiger partial charge is 0.479 e. The fourth-order valence-corrected chi connectivity index (χ4v) is 3.50. The maximum absolute atomic E-state index is 12.5. The van der Waals surface area contributed by atoms with E-state index in [0.717, 1.165) is 11.3 Å². The van der Waals surface area contributed by atoms with Crippen molar-refractivity contribution >= 4 is 11.9 Å². The maximum atomic E-state index is 12.5. The highest BCUT2D eigenvalue weighted by atomic mass is 16.4. The second kappa shape index (κ2) is 6.97. The zero-order valence-corrected chi connectivity index (χ0v) is 15.6. The second-order valence-electron chi connectivity index (χ2n) is 7.42. The van der Waals surface area contributed by atoms with Crippen LogP contribution in [-0.2, 0) is 28.6 Å². The van der Waals surface area contributed by atoms with Crippen molar-refractivity contribution in [2.24, 2.45) is 7.05 Å². The minimum atomic E-state index is -1.07. The summed E-state index contributed by atoms with van der Waals surface area (Å²) in [5.41, 5.74) is 0.783. The molecule has 1 saturated heterocycles. The SMILES string of the molecule is CC(C)c1ccn(C2(C(=O)O)CCN(C(=O)Cc3ccn(C)c3)CC2)n1. The molecule has 3 heterocycles. The van der Waals surface area contributed by atoms with Gasteiger partial charge < -0.3 is 14.6 Å². The molecule has 1 aliphatic heterocycles. The minimum Gasteiger partial charge on any atom is -0.479 e. The number of hydrogen-bond acceptors (Lipinski definition) is 3. The zero-order valence-electron chi connectivity index (χ0n) is 15.6. The molecule has 7 nitrogen and oxygen atoms in total. The number of hydrogen-bond donors (Lipinski definition) is 1. The lowest BCUT2D eigenvalue weighted by atomic mass is 9.87. The standard InChI is InChI=1S/C19H26N4O3/c1-14(2)16-5-9-23(20-16)19(18(25)26)6-10-22(11-7-19)17(24)12-15-4-8-21(3)13-15/h4-5,8-9,13-14H,6-7,10-12H2,1-3H3,(H,25,26). The van der Waals surface area contributed by atoms with Crippen LogP contribution in [0.1, 0.15) is 43.9 Å². The molecule has 2 aromatic heterocycles. The molecule has 26 heavy (non-hydrogen) atoms. The van der Waals surface area contributed by atoms with Gasteiger partial charge in [-0.3, -0.25) is 9.48 Å². The zero-order chi connectivity index (χ0) is 18.9. The summed E-state index contributed by atoms with van der Waals surface area (Å²) in [5, 5.41) is 14.4. The van der Waals surface area contributed by atoms with E-state index < -0.39 is 11.5 Å². The first-order chi connectivity index (χ1) is 12.3. The van der Waals surface area contributed by atoms with E-state index in [2.05, 4.69) is 5.10 Å². The van der Waals surface area contributed by atoms with Crippen LogP contribution in [0.25, 0.3) is 0 Å². The third kappa shape index (κ3) is 3.38. The second-order valence-corrected chi connectivity index (χ2v) is 7.42. The van der Waals surface area contributed by atoms with Gasteiger partial charge in [-0.05, 0) is 23.6 Å². The number of nitrogens with zero attached hydrogens (tertiary/aromatic N) is 4. The van der Waals surface area contributed by atoms with E-state index in [4.69, 9.17) is 0 Å². The first-order valence-electron chi connectivity index (χ1n) is 9.00. The van der Waals surface area contributed by atoms with Crippen LogP contribution in [0, 0.1) is 0 Å². The van der Waals surface area contributed by atoms with Gasteiger partial charge in [-0.25, -0.2) is 4.79 Å². The molecule has 0 spiro atoms. The van der Waals surface area contributed by atoms with E-state index in [1.165, 1.54) is 0 Å². The van der Waals surface area contributed by atoms with Crippen molar-refractivity contribution in [3.63, 3.8) is 0 Å². The number of piperidine rings is 1. The molecule has 0 radical (unpaired) electrons. The molecule has 0 atom stereocenters. The van der Waals surface area contributed by atoms with Crippen molar-refractivity contribution in [1.29, 1.82) is 0 Å². The van der Waals surface area contributed by atoms with E-state index in [1.807, 2.05) is 50.0 Å². The molecule has 1 aliphatic rings. The predicted octanol–water partition coefficient (Wildman–Crippen LogP) is 1.99. The van der Waals surface area contributed by atoms with Gasteiger partial charge in [0.2, 0.25) is 5.91 Å². The van der Waals surface area contributed by atoms with Gasteiger partial charge in [0.1, 0.15) is 0 Å². The predicted molar refractivity (Wildman–Crippen MR) is 96.9 cm³/mol. The van der Waals surface area contributed by atoms with Crippen molar-refractivity contribution in [3.8, 4) is 0 Å². The number of rotatable bonds is 5. The lowest BCUT2D eigenvalue weighted by Gasteiger charge is -2.39. The van der Waals surface area contributed by atoms with Crippen LogP contribution >= 0.6 is 0 Å². The number of carbonyl (C=O) groups excluding carboxylic acids is 1. The molecule has 0 bridgehead atoms. The van der Waals surface area contributed by atoms with E-state index in [1.54, 1.807) is 15.8 Å². The number of carbonyl (C=O) groups is 2. The summed E-state index contributed by atoms with van der Waals surface area (Å²) in [5.74, 6) is -0.598. The summed E-state index contributed by atoms with van der Waals surface area (Å²) < 4.78 is 3.50. The highest BCUT2D eigenvalue weighted by Gasteiger charge is 2.45. The molecule has 1 N–H and O–H groups in total. The molecule has 0 unspecified atom stereocenters. The summed E-state index contributed by atoms with van der Waals surface area (Å²) >= 11 is 0. The van der Waals surface area contributed by atoms with Crippen LogP contribution in [0.3, 0.4) is 0 Å². The van der Waals surface area contributed by atoms with E-state index >= 15 is 0 Å². The number of aryl methyl sites for hydroxylation is 1. The van der Waals surface area contributed by atoms with Crippen LogP contribution in [0.15, 0.2) is 30.7 Å². The summed E-state index contributed by atoms with van der Waals surface area (Å²) in [4.78, 5) is 26.4. The Morgan fingerprint density at radius 3 is 2.42 bits per heavy atom. The normalized spacial score (nSPS) is 16.8. The summed E-state index contributed by atoms with van der Waals surface area (Å²) in [7, 11) is 1.92. The number of carboxylic acid groups (broad SMARTS) is 1. The third-order valence-corrected chi connectivity index (χ3v) is 5.23. The lowest BCUT2D eigenvalue weighted by molar-refractivity contribution is -0.153. The lowest BCUT2D eigenvalue weighted by Crippen LogP contribution is -2.52. The minimum absolute atomic E-state index is 0.0403. The van der Waals surface area contributed by atoms with E-state index in [-0.39, 0.29) is 11.8 Å². The van der Waals surface area contributed by atoms with Gasteiger partial charge in [0.15, 0.2) is 5.54 Å². The van der Waals surface area contributed by atoms with Crippen molar-refractivity contribution in [3.05, 3.63) is 42.0 Å². The average Bonchev–Trinajstić information content (AvgIpc) is 3.24. The van der Waals surface area contributed by atoms with Crippen LogP contribution in [-0.4, -0.2) is 49.3 Å². The Balaban J connectivity index is 1.70. The topological polar surface area (TPSA) is 80.4 Å². The van der Waals surface area contributed by atoms with Gasteiger partial charge in [0.25, 0.3) is 0 Å². The van der Waals surface area contributed by atoms with Gasteiger partial charge in [-0.15, -0.1) is 0 Å². The van der Waals surface area contributed by atoms with Gasteiger partial charge in [-0.2, -0.15) is 5.10 Å². The molecule has 0 saturated carbocycles. The molecule has 0 aromatic carbocycles. The molecule has 2 aromatic rings. The van der Waals surface area contributed by atoms with Gasteiger partial charge >= 0.3 is 5.97 Å². The number of carboxylic acids is 1. The molecule has 140 valence electrons. The molecule has 3 rings (SSSR count).